The van der Waals surface area contributed by atoms with Crippen LogP contribution in [0.3, 0.4) is 0 Å². The summed E-state index contributed by atoms with van der Waals surface area (Å²) < 4.78 is 39.9. The molecule has 0 spiro atoms. The van der Waals surface area contributed by atoms with Gasteiger partial charge in [0.1, 0.15) is 10.1 Å². The van der Waals surface area contributed by atoms with Crippen molar-refractivity contribution in [3.8, 4) is 5.75 Å². The molecular weight excluding hydrogens is 493 g/mol. The van der Waals surface area contributed by atoms with Gasteiger partial charge in [-0.1, -0.05) is 37.9 Å². The molecule has 2 atom stereocenters. The van der Waals surface area contributed by atoms with Crippen LogP contribution in [0, 0.1) is 0 Å². The van der Waals surface area contributed by atoms with Crippen LogP contribution in [0.5, 0.6) is 5.75 Å². The molecule has 0 aromatic heterocycles. The largest absolute Gasteiger partial charge is 0.573 e. The lowest BCUT2D eigenvalue weighted by Gasteiger charge is -2.21. The summed E-state index contributed by atoms with van der Waals surface area (Å²) >= 11 is 7.63. The smallest absolute Gasteiger partial charge is 0.406 e. The molecule has 11 heteroatoms. The van der Waals surface area contributed by atoms with Crippen molar-refractivity contribution in [1.82, 2.24) is 5.32 Å². The van der Waals surface area contributed by atoms with Crippen molar-refractivity contribution in [3.05, 3.63) is 24.3 Å². The van der Waals surface area contributed by atoms with Gasteiger partial charge >= 0.3 is 6.36 Å². The van der Waals surface area contributed by atoms with E-state index in [-0.39, 0.29) is 17.5 Å². The van der Waals surface area contributed by atoms with Crippen LogP contribution < -0.4 is 15.0 Å². The summed E-state index contributed by atoms with van der Waals surface area (Å²) in [6, 6.07) is 5.14. The zero-order valence-corrected chi connectivity index (χ0v) is 16.8. The van der Waals surface area contributed by atoms with Crippen molar-refractivity contribution in [2.75, 3.05) is 16.1 Å². The number of nitrogens with one attached hydrogen (secondary N) is 1. The Hall–Kier alpha value is -0.940. The number of nitrogens with zero attached hydrogens (tertiary/aromatic N) is 1. The third kappa shape index (κ3) is 5.27. The molecule has 1 N–H and O–H groups in total. The van der Waals surface area contributed by atoms with E-state index in [1.54, 1.807) is 6.92 Å². The van der Waals surface area contributed by atoms with Gasteiger partial charge in [0.25, 0.3) is 5.91 Å². The average molecular weight is 506 g/mol. The second-order valence-corrected chi connectivity index (χ2v) is 8.67. The Morgan fingerprint density at radius 2 is 2.16 bits per heavy atom. The van der Waals surface area contributed by atoms with Crippen LogP contribution in [-0.4, -0.2) is 39.1 Å². The number of benzene rings is 1. The second-order valence-electron chi connectivity index (χ2n) is 5.29. The second kappa shape index (κ2) is 7.75. The number of alkyl halides is 5. The summed E-state index contributed by atoms with van der Waals surface area (Å²) in [4.78, 5) is 25.9. The van der Waals surface area contributed by atoms with E-state index in [0.29, 0.717) is 5.33 Å². The van der Waals surface area contributed by atoms with E-state index in [1.165, 1.54) is 28.8 Å². The molecule has 0 radical (unpaired) electrons. The van der Waals surface area contributed by atoms with E-state index in [0.717, 1.165) is 12.1 Å². The fourth-order valence-electron chi connectivity index (χ4n) is 1.91. The van der Waals surface area contributed by atoms with Crippen molar-refractivity contribution in [3.63, 3.8) is 0 Å². The molecule has 1 aromatic carbocycles. The van der Waals surface area contributed by atoms with E-state index >= 15 is 0 Å². The molecule has 2 amide bonds. The normalized spacial score (nSPS) is 20.3. The first kappa shape index (κ1) is 20.4. The van der Waals surface area contributed by atoms with Crippen molar-refractivity contribution >= 4 is 61.1 Å². The molecule has 25 heavy (non-hydrogen) atoms. The third-order valence-corrected chi connectivity index (χ3v) is 6.78. The first-order valence-corrected chi connectivity index (χ1v) is 9.84. The SMILES string of the molecule is CC(Br)(CBr)C(=O)NC1SCN(c2cccc(OC(F)(F)F)c2)C1=O. The molecular formula is C14H13Br2F3N2O3S. The quantitative estimate of drug-likeness (QED) is 0.621. The van der Waals surface area contributed by atoms with Gasteiger partial charge in [0, 0.05) is 17.1 Å². The molecule has 1 aliphatic rings. The Labute approximate surface area is 162 Å². The Morgan fingerprint density at radius 1 is 1.48 bits per heavy atom. The maximum Gasteiger partial charge on any atom is 0.573 e. The highest BCUT2D eigenvalue weighted by molar-refractivity contribution is 9.12. The van der Waals surface area contributed by atoms with Gasteiger partial charge in [0.15, 0.2) is 5.37 Å². The van der Waals surface area contributed by atoms with Crippen LogP contribution in [0.4, 0.5) is 18.9 Å². The Balaban J connectivity index is 2.09. The number of halogens is 5. The number of thioether (sulfide) groups is 1. The van der Waals surface area contributed by atoms with Gasteiger partial charge in [0.2, 0.25) is 5.91 Å². The fourth-order valence-corrected chi connectivity index (χ4v) is 3.31. The minimum atomic E-state index is -4.81. The number of hydrogen-bond donors (Lipinski definition) is 1. The van der Waals surface area contributed by atoms with Crippen molar-refractivity contribution in [1.29, 1.82) is 0 Å². The minimum Gasteiger partial charge on any atom is -0.406 e. The van der Waals surface area contributed by atoms with Crippen molar-refractivity contribution < 1.29 is 27.5 Å². The van der Waals surface area contributed by atoms with Crippen LogP contribution in [0.15, 0.2) is 24.3 Å². The fraction of sp³-hybridized carbons (Fsp3) is 0.429. The maximum atomic E-state index is 12.5. The lowest BCUT2D eigenvalue weighted by Crippen LogP contribution is -2.48. The van der Waals surface area contributed by atoms with E-state index in [2.05, 4.69) is 41.9 Å². The Kier molecular flexibility index (Phi) is 6.31. The summed E-state index contributed by atoms with van der Waals surface area (Å²) in [5.74, 6) is -0.999. The van der Waals surface area contributed by atoms with Crippen molar-refractivity contribution in [2.24, 2.45) is 0 Å². The van der Waals surface area contributed by atoms with Gasteiger partial charge in [-0.25, -0.2) is 0 Å². The summed E-state index contributed by atoms with van der Waals surface area (Å²) in [5.41, 5.74) is 0.262. The first-order valence-electron chi connectivity index (χ1n) is 6.88. The van der Waals surface area contributed by atoms with Crippen LogP contribution >= 0.6 is 43.6 Å². The number of carbonyl (C=O) groups is 2. The van der Waals surface area contributed by atoms with Gasteiger partial charge in [-0.05, 0) is 19.1 Å². The summed E-state index contributed by atoms with van der Waals surface area (Å²) in [5, 5.41) is 2.15. The molecule has 1 saturated heterocycles. The Morgan fingerprint density at radius 3 is 2.76 bits per heavy atom. The zero-order chi connectivity index (χ0) is 18.8. The molecule has 1 fully saturated rings. The molecule has 1 aliphatic heterocycles. The van der Waals surface area contributed by atoms with E-state index in [9.17, 15) is 22.8 Å². The molecule has 0 saturated carbocycles. The van der Waals surface area contributed by atoms with Crippen LogP contribution in [-0.2, 0) is 9.59 Å². The van der Waals surface area contributed by atoms with E-state index in [4.69, 9.17) is 0 Å². The van der Waals surface area contributed by atoms with Gasteiger partial charge in [-0.2, -0.15) is 0 Å². The number of carbonyl (C=O) groups excluding carboxylic acids is 2. The average Bonchev–Trinajstić information content (AvgIpc) is 2.87. The topological polar surface area (TPSA) is 58.6 Å². The molecule has 138 valence electrons. The number of amides is 2. The van der Waals surface area contributed by atoms with Gasteiger partial charge in [0.05, 0.1) is 5.88 Å². The van der Waals surface area contributed by atoms with Gasteiger partial charge in [-0.15, -0.1) is 24.9 Å². The molecule has 2 unspecified atom stereocenters. The van der Waals surface area contributed by atoms with E-state index in [1.807, 2.05) is 0 Å². The minimum absolute atomic E-state index is 0.201. The zero-order valence-electron chi connectivity index (χ0n) is 12.8. The number of rotatable bonds is 5. The summed E-state index contributed by atoms with van der Waals surface area (Å²) in [6.07, 6.45) is -4.81. The standard InChI is InChI=1S/C14H13Br2F3N2O3S/c1-13(16,6-15)12(23)20-10-11(22)21(7-25-10)8-3-2-4-9(5-8)24-14(17,18)19/h2-5,10H,6-7H2,1H3,(H,20,23). The third-order valence-electron chi connectivity index (χ3n) is 3.21. The van der Waals surface area contributed by atoms with E-state index < -0.39 is 27.7 Å². The summed E-state index contributed by atoms with van der Waals surface area (Å²) in [6.45, 7) is 1.65. The number of ether oxygens (including phenoxy) is 1. The first-order chi connectivity index (χ1) is 11.5. The predicted octanol–water partition coefficient (Wildman–Crippen LogP) is 3.61. The van der Waals surface area contributed by atoms with Gasteiger partial charge in [-0.3, -0.25) is 14.5 Å². The molecule has 0 bridgehead atoms. The molecule has 5 nitrogen and oxygen atoms in total. The number of hydrogen-bond acceptors (Lipinski definition) is 4. The maximum absolute atomic E-state index is 12.5. The summed E-state index contributed by atoms with van der Waals surface area (Å²) in [7, 11) is 0. The lowest BCUT2D eigenvalue weighted by atomic mass is 10.2. The molecule has 0 aliphatic carbocycles. The van der Waals surface area contributed by atoms with Crippen LogP contribution in [0.25, 0.3) is 0 Å². The Bertz CT molecular complexity index is 673. The number of anilines is 1. The molecule has 1 aromatic rings. The highest BCUT2D eigenvalue weighted by Crippen LogP contribution is 2.32. The predicted molar refractivity (Wildman–Crippen MR) is 96.1 cm³/mol. The monoisotopic (exact) mass is 504 g/mol. The highest BCUT2D eigenvalue weighted by atomic mass is 79.9. The molecule has 2 rings (SSSR count). The van der Waals surface area contributed by atoms with Crippen LogP contribution in [0.2, 0.25) is 0 Å². The van der Waals surface area contributed by atoms with Crippen LogP contribution in [0.1, 0.15) is 6.92 Å². The van der Waals surface area contributed by atoms with Gasteiger partial charge < -0.3 is 10.1 Å². The van der Waals surface area contributed by atoms with Crippen molar-refractivity contribution in [2.45, 2.75) is 23.0 Å². The highest BCUT2D eigenvalue weighted by Gasteiger charge is 2.38. The lowest BCUT2D eigenvalue weighted by molar-refractivity contribution is -0.274. The molecule has 1 heterocycles.